The maximum atomic E-state index is 12.9. The number of nitrogens with two attached hydrogens (primary N) is 1. The van der Waals surface area contributed by atoms with Crippen molar-refractivity contribution in [3.8, 4) is 16.6 Å². The van der Waals surface area contributed by atoms with E-state index in [0.29, 0.717) is 37.2 Å². The van der Waals surface area contributed by atoms with Gasteiger partial charge < -0.3 is 5.73 Å². The summed E-state index contributed by atoms with van der Waals surface area (Å²) >= 11 is 7.06. The van der Waals surface area contributed by atoms with E-state index in [1.807, 2.05) is 31.2 Å². The number of nitrogen functional groups attached to an aromatic ring is 1. The Labute approximate surface area is 170 Å². The van der Waals surface area contributed by atoms with Gasteiger partial charge in [0.2, 0.25) is 5.78 Å². The van der Waals surface area contributed by atoms with E-state index in [0.717, 1.165) is 16.9 Å². The fourth-order valence-corrected chi connectivity index (χ4v) is 4.23. The molecule has 0 radical (unpaired) electrons. The topological polar surface area (TPSA) is 92.7 Å². The average Bonchev–Trinajstić information content (AvgIpc) is 3.03. The molecule has 2 N–H and O–H groups in total. The molecule has 0 bridgehead atoms. The molecule has 5 nitrogen and oxygen atoms in total. The molecular weight excluding hydrogens is 392 g/mol. The number of nitrogens with zero attached hydrogens (tertiary/aromatic N) is 3. The molecule has 28 heavy (non-hydrogen) atoms. The summed E-state index contributed by atoms with van der Waals surface area (Å²) in [5.41, 5.74) is 9.74. The first-order chi connectivity index (χ1) is 13.5. The molecule has 4 rings (SSSR count). The number of para-hydroxylation sites is 2. The van der Waals surface area contributed by atoms with Crippen molar-refractivity contribution in [3.05, 3.63) is 75.3 Å². The van der Waals surface area contributed by atoms with Gasteiger partial charge in [0.05, 0.1) is 32.9 Å². The van der Waals surface area contributed by atoms with E-state index in [4.69, 9.17) is 17.3 Å². The van der Waals surface area contributed by atoms with Gasteiger partial charge in [-0.15, -0.1) is 11.3 Å². The molecule has 0 saturated carbocycles. The molecule has 0 atom stereocenters. The van der Waals surface area contributed by atoms with Crippen molar-refractivity contribution in [1.82, 2.24) is 9.97 Å². The minimum atomic E-state index is -0.256. The Morgan fingerprint density at radius 2 is 1.75 bits per heavy atom. The number of ketones is 1. The first-order valence-electron chi connectivity index (χ1n) is 8.36. The smallest absolute Gasteiger partial charge is 0.205 e. The second-order valence-corrected chi connectivity index (χ2v) is 7.60. The lowest BCUT2D eigenvalue weighted by Crippen LogP contribution is -2.02. The molecule has 0 spiro atoms. The number of hydrogen-bond acceptors (Lipinski definition) is 6. The van der Waals surface area contributed by atoms with Crippen LogP contribution in [0.3, 0.4) is 0 Å². The summed E-state index contributed by atoms with van der Waals surface area (Å²) in [6.07, 6.45) is 0. The number of hydrogen-bond donors (Lipinski definition) is 1. The fraction of sp³-hybridized carbons (Fsp3) is 0.0476. The number of aromatic nitrogens is 2. The van der Waals surface area contributed by atoms with Gasteiger partial charge in [0.1, 0.15) is 16.6 Å². The molecule has 4 aromatic rings. The predicted molar refractivity (Wildman–Crippen MR) is 112 cm³/mol. The zero-order valence-electron chi connectivity index (χ0n) is 14.7. The minimum Gasteiger partial charge on any atom is -0.396 e. The summed E-state index contributed by atoms with van der Waals surface area (Å²) in [5, 5.41) is 10.2. The number of nitriles is 1. The molecule has 0 saturated heterocycles. The number of aryl methyl sites for hydroxylation is 1. The lowest BCUT2D eigenvalue weighted by Gasteiger charge is -2.05. The van der Waals surface area contributed by atoms with Crippen molar-refractivity contribution in [2.75, 3.05) is 5.73 Å². The minimum absolute atomic E-state index is 0.164. The predicted octanol–water partition coefficient (Wildman–Crippen LogP) is 5.01. The van der Waals surface area contributed by atoms with Crippen molar-refractivity contribution in [1.29, 1.82) is 5.26 Å². The fourth-order valence-electron chi connectivity index (χ4n) is 2.93. The maximum absolute atomic E-state index is 12.9. The Bertz CT molecular complexity index is 1270. The molecule has 2 aromatic heterocycles. The van der Waals surface area contributed by atoms with E-state index in [-0.39, 0.29) is 17.0 Å². The quantitative estimate of drug-likeness (QED) is 0.485. The largest absolute Gasteiger partial charge is 0.396 e. The van der Waals surface area contributed by atoms with Crippen LogP contribution in [0.2, 0.25) is 5.02 Å². The molecule has 136 valence electrons. The zero-order chi connectivity index (χ0) is 19.8. The molecule has 2 heterocycles. The van der Waals surface area contributed by atoms with Crippen LogP contribution in [0.25, 0.3) is 21.6 Å². The van der Waals surface area contributed by atoms with Crippen LogP contribution in [-0.2, 0) is 0 Å². The second-order valence-electron chi connectivity index (χ2n) is 6.14. The van der Waals surface area contributed by atoms with Gasteiger partial charge in [0.25, 0.3) is 0 Å². The highest BCUT2D eigenvalue weighted by atomic mass is 35.5. The van der Waals surface area contributed by atoms with Gasteiger partial charge in [0.15, 0.2) is 0 Å². The van der Waals surface area contributed by atoms with E-state index in [1.54, 1.807) is 24.3 Å². The number of thiophene rings is 1. The van der Waals surface area contributed by atoms with Gasteiger partial charge in [-0.3, -0.25) is 4.79 Å². The first-order valence-corrected chi connectivity index (χ1v) is 9.55. The van der Waals surface area contributed by atoms with Crippen LogP contribution >= 0.6 is 22.9 Å². The monoisotopic (exact) mass is 404 g/mol. The van der Waals surface area contributed by atoms with Crippen LogP contribution in [0.4, 0.5) is 5.69 Å². The van der Waals surface area contributed by atoms with E-state index in [2.05, 4.69) is 16.0 Å². The Morgan fingerprint density at radius 1 is 1.11 bits per heavy atom. The second kappa shape index (κ2) is 7.04. The third-order valence-electron chi connectivity index (χ3n) is 4.33. The third-order valence-corrected chi connectivity index (χ3v) is 5.79. The summed E-state index contributed by atoms with van der Waals surface area (Å²) in [7, 11) is 0. The molecule has 0 aliphatic rings. The summed E-state index contributed by atoms with van der Waals surface area (Å²) in [6, 6.07) is 16.2. The van der Waals surface area contributed by atoms with Crippen LogP contribution in [-0.4, -0.2) is 15.8 Å². The number of carbonyl (C=O) groups is 1. The maximum Gasteiger partial charge on any atom is 0.205 e. The van der Waals surface area contributed by atoms with Gasteiger partial charge in [-0.25, -0.2) is 9.97 Å². The Hall–Kier alpha value is -3.27. The Kier molecular flexibility index (Phi) is 4.55. The molecule has 0 unspecified atom stereocenters. The van der Waals surface area contributed by atoms with Gasteiger partial charge >= 0.3 is 0 Å². The van der Waals surface area contributed by atoms with Crippen molar-refractivity contribution in [3.63, 3.8) is 0 Å². The lowest BCUT2D eigenvalue weighted by atomic mass is 10.1. The number of carbonyl (C=O) groups excluding carboxylic acids is 1. The van der Waals surface area contributed by atoms with Crippen molar-refractivity contribution in [2.24, 2.45) is 0 Å². The molecule has 0 fully saturated rings. The van der Waals surface area contributed by atoms with Crippen LogP contribution in [0.15, 0.2) is 48.5 Å². The highest BCUT2D eigenvalue weighted by Gasteiger charge is 2.25. The normalized spacial score (nSPS) is 10.8. The highest BCUT2D eigenvalue weighted by Crippen LogP contribution is 2.40. The number of halogens is 1. The molecule has 0 aliphatic heterocycles. The number of rotatable bonds is 3. The summed E-state index contributed by atoms with van der Waals surface area (Å²) < 4.78 is 0. The van der Waals surface area contributed by atoms with E-state index < -0.39 is 0 Å². The lowest BCUT2D eigenvalue weighted by molar-refractivity contribution is 0.104. The van der Waals surface area contributed by atoms with E-state index in [1.165, 1.54) is 0 Å². The van der Waals surface area contributed by atoms with Crippen LogP contribution < -0.4 is 5.73 Å². The number of benzene rings is 2. The standard InChI is InChI=1S/C21H13ClN4OS/c1-11-18(26-16-5-3-2-4-15(16)25-11)20-14(10-23)17(24)21(28-20)19(27)12-6-8-13(22)9-7-12/h2-9H,24H2,1H3. The SMILES string of the molecule is Cc1nc2ccccc2nc1-c1sc(C(=O)c2ccc(Cl)cc2)c(N)c1C#N. The van der Waals surface area contributed by atoms with Crippen LogP contribution in [0.1, 0.15) is 26.5 Å². The number of fused-ring (bicyclic) bond motifs is 1. The molecule has 0 amide bonds. The third kappa shape index (κ3) is 3.01. The summed E-state index contributed by atoms with van der Waals surface area (Å²) in [4.78, 5) is 23.0. The highest BCUT2D eigenvalue weighted by molar-refractivity contribution is 7.18. The van der Waals surface area contributed by atoms with Crippen LogP contribution in [0, 0.1) is 18.3 Å². The van der Waals surface area contributed by atoms with E-state index in [9.17, 15) is 10.1 Å². The van der Waals surface area contributed by atoms with E-state index >= 15 is 0 Å². The molecular formula is C21H13ClN4OS. The molecule has 2 aromatic carbocycles. The summed E-state index contributed by atoms with van der Waals surface area (Å²) in [5.74, 6) is -0.256. The van der Waals surface area contributed by atoms with Gasteiger partial charge in [0, 0.05) is 10.6 Å². The van der Waals surface area contributed by atoms with Crippen molar-refractivity contribution in [2.45, 2.75) is 6.92 Å². The Morgan fingerprint density at radius 3 is 2.39 bits per heavy atom. The van der Waals surface area contributed by atoms with Gasteiger partial charge in [-0.05, 0) is 43.3 Å². The van der Waals surface area contributed by atoms with Crippen molar-refractivity contribution >= 4 is 45.4 Å². The van der Waals surface area contributed by atoms with Gasteiger partial charge in [-0.2, -0.15) is 5.26 Å². The molecule has 0 aliphatic carbocycles. The average molecular weight is 405 g/mol. The first kappa shape index (κ1) is 18.1. The molecule has 7 heteroatoms. The zero-order valence-corrected chi connectivity index (χ0v) is 16.3. The van der Waals surface area contributed by atoms with Crippen molar-refractivity contribution < 1.29 is 4.79 Å². The number of anilines is 1. The van der Waals surface area contributed by atoms with Crippen LogP contribution in [0.5, 0.6) is 0 Å². The van der Waals surface area contributed by atoms with Gasteiger partial charge in [-0.1, -0.05) is 23.7 Å². The summed E-state index contributed by atoms with van der Waals surface area (Å²) in [6.45, 7) is 1.83. The Balaban J connectivity index is 1.89.